The fourth-order valence-electron chi connectivity index (χ4n) is 4.11. The van der Waals surface area contributed by atoms with Crippen LogP contribution in [0.2, 0.25) is 5.02 Å². The Morgan fingerprint density at radius 3 is 2.65 bits per heavy atom. The number of aromatic nitrogens is 4. The molecule has 3 aromatic carbocycles. The molecule has 8 heteroatoms. The second-order valence-corrected chi connectivity index (χ2v) is 8.92. The molecule has 0 fully saturated rings. The molecule has 0 amide bonds. The number of pyridine rings is 1. The molecule has 2 heterocycles. The van der Waals surface area contributed by atoms with Crippen molar-refractivity contribution < 1.29 is 14.2 Å². The highest BCUT2D eigenvalue weighted by molar-refractivity contribution is 6.35. The Morgan fingerprint density at radius 1 is 0.973 bits per heavy atom. The third-order valence-electron chi connectivity index (χ3n) is 5.83. The first-order valence-corrected chi connectivity index (χ1v) is 12.3. The largest absolute Gasteiger partial charge is 0.465 e. The van der Waals surface area contributed by atoms with E-state index in [0.29, 0.717) is 36.0 Å². The molecule has 37 heavy (non-hydrogen) atoms. The molecule has 0 spiro atoms. The first-order valence-electron chi connectivity index (χ1n) is 11.9. The molecule has 5 aromatic rings. The lowest BCUT2D eigenvalue weighted by molar-refractivity contribution is -0.00799. The summed E-state index contributed by atoms with van der Waals surface area (Å²) in [6.45, 7) is 1.60. The molecular formula is C29H26ClN4O3. The first kappa shape index (κ1) is 24.9. The summed E-state index contributed by atoms with van der Waals surface area (Å²) >= 11 is 6.46. The van der Waals surface area contributed by atoms with Gasteiger partial charge in [-0.3, -0.25) is 0 Å². The lowest BCUT2D eigenvalue weighted by Crippen LogP contribution is -2.08. The lowest BCUT2D eigenvalue weighted by atomic mass is 9.98. The minimum Gasteiger partial charge on any atom is -0.465 e. The molecule has 7 nitrogen and oxygen atoms in total. The van der Waals surface area contributed by atoms with Gasteiger partial charge in [0.2, 0.25) is 0 Å². The highest BCUT2D eigenvalue weighted by Gasteiger charge is 2.12. The van der Waals surface area contributed by atoms with E-state index in [4.69, 9.17) is 30.8 Å². The van der Waals surface area contributed by atoms with Crippen LogP contribution in [-0.4, -0.2) is 46.9 Å². The number of hydrogen-bond donors (Lipinski definition) is 0. The van der Waals surface area contributed by atoms with E-state index in [1.165, 1.54) is 11.1 Å². The van der Waals surface area contributed by atoms with Crippen LogP contribution in [0, 0.1) is 6.07 Å². The second-order valence-electron chi connectivity index (χ2n) is 8.52. The van der Waals surface area contributed by atoms with Gasteiger partial charge < -0.3 is 14.2 Å². The topological polar surface area (TPSA) is 71.3 Å². The molecule has 0 aliphatic rings. The normalized spacial score (nSPS) is 11.2. The molecule has 0 saturated heterocycles. The SMILES string of the molecule is COCCOCOc1[c]cc(Cl)c2ccc(-c3cc(Cc4ccccc4)cc(Cn4cncn4)c3)nc12. The van der Waals surface area contributed by atoms with Crippen LogP contribution in [0.1, 0.15) is 16.7 Å². The van der Waals surface area contributed by atoms with Gasteiger partial charge >= 0.3 is 0 Å². The van der Waals surface area contributed by atoms with E-state index in [1.54, 1.807) is 25.8 Å². The summed E-state index contributed by atoms with van der Waals surface area (Å²) in [7, 11) is 1.63. The Hall–Kier alpha value is -3.78. The van der Waals surface area contributed by atoms with Crippen LogP contribution in [0.15, 0.2) is 79.4 Å². The van der Waals surface area contributed by atoms with Crippen LogP contribution in [0.5, 0.6) is 5.75 Å². The van der Waals surface area contributed by atoms with Gasteiger partial charge in [-0.15, -0.1) is 0 Å². The molecule has 187 valence electrons. The van der Waals surface area contributed by atoms with Gasteiger partial charge in [-0.2, -0.15) is 5.10 Å². The lowest BCUT2D eigenvalue weighted by Gasteiger charge is -2.13. The number of ether oxygens (including phenoxy) is 3. The van der Waals surface area contributed by atoms with E-state index in [0.717, 1.165) is 28.6 Å². The van der Waals surface area contributed by atoms with Gasteiger partial charge in [0.25, 0.3) is 0 Å². The average Bonchev–Trinajstić information content (AvgIpc) is 3.43. The Morgan fingerprint density at radius 2 is 1.84 bits per heavy atom. The summed E-state index contributed by atoms with van der Waals surface area (Å²) in [5.74, 6) is 0.488. The molecule has 0 bridgehead atoms. The molecule has 0 aliphatic carbocycles. The summed E-state index contributed by atoms with van der Waals surface area (Å²) in [6.07, 6.45) is 4.06. The van der Waals surface area contributed by atoms with Crippen molar-refractivity contribution in [3.63, 3.8) is 0 Å². The van der Waals surface area contributed by atoms with Crippen molar-refractivity contribution in [1.82, 2.24) is 19.7 Å². The number of halogens is 1. The van der Waals surface area contributed by atoms with E-state index < -0.39 is 0 Å². The maximum atomic E-state index is 6.46. The summed E-state index contributed by atoms with van der Waals surface area (Å²) in [5.41, 5.74) is 5.96. The number of fused-ring (bicyclic) bond motifs is 1. The number of rotatable bonds is 11. The molecule has 0 aliphatic heterocycles. The average molecular weight is 514 g/mol. The summed E-state index contributed by atoms with van der Waals surface area (Å²) in [6, 6.07) is 25.6. The van der Waals surface area contributed by atoms with Gasteiger partial charge in [0.05, 0.1) is 30.5 Å². The maximum Gasteiger partial charge on any atom is 0.189 e. The van der Waals surface area contributed by atoms with E-state index in [1.807, 2.05) is 22.9 Å². The Bertz CT molecular complexity index is 1460. The van der Waals surface area contributed by atoms with Crippen molar-refractivity contribution in [3.8, 4) is 17.0 Å². The molecule has 2 aromatic heterocycles. The smallest absolute Gasteiger partial charge is 0.189 e. The Kier molecular flexibility index (Phi) is 8.05. The van der Waals surface area contributed by atoms with Crippen LogP contribution in [0.4, 0.5) is 0 Å². The van der Waals surface area contributed by atoms with Gasteiger partial charge in [-0.25, -0.2) is 14.6 Å². The number of benzene rings is 3. The van der Waals surface area contributed by atoms with Crippen molar-refractivity contribution in [2.75, 3.05) is 27.1 Å². The predicted octanol–water partition coefficient (Wildman–Crippen LogP) is 5.59. The van der Waals surface area contributed by atoms with Crippen molar-refractivity contribution >= 4 is 22.5 Å². The van der Waals surface area contributed by atoms with Gasteiger partial charge in [0.1, 0.15) is 18.2 Å². The molecule has 5 rings (SSSR count). The third-order valence-corrected chi connectivity index (χ3v) is 6.14. The van der Waals surface area contributed by atoms with Crippen molar-refractivity contribution in [2.24, 2.45) is 0 Å². The highest BCUT2D eigenvalue weighted by Crippen LogP contribution is 2.33. The molecule has 0 atom stereocenters. The van der Waals surface area contributed by atoms with Gasteiger partial charge in [0, 0.05) is 24.1 Å². The fraction of sp³-hybridized carbons (Fsp3) is 0.207. The standard InChI is InChI=1S/C29H26ClN4O3/c1-35-11-12-36-20-37-28-10-8-26(30)25-7-9-27(33-29(25)28)24-15-22(13-21-5-3-2-4-6-21)14-23(16-24)17-34-19-31-18-32-34/h2-9,14-16,18-19H,11-13,17,20H2,1H3. The van der Waals surface area contributed by atoms with E-state index in [-0.39, 0.29) is 6.79 Å². The Labute approximate surface area is 220 Å². The molecule has 0 saturated carbocycles. The van der Waals surface area contributed by atoms with Crippen molar-refractivity contribution in [2.45, 2.75) is 13.0 Å². The Balaban J connectivity index is 1.51. The van der Waals surface area contributed by atoms with E-state index >= 15 is 0 Å². The molecule has 0 N–H and O–H groups in total. The zero-order valence-corrected chi connectivity index (χ0v) is 21.2. The molecule has 1 radical (unpaired) electrons. The number of nitrogens with zero attached hydrogens (tertiary/aromatic N) is 4. The van der Waals surface area contributed by atoms with Gasteiger partial charge in [-0.05, 0) is 53.4 Å². The zero-order chi connectivity index (χ0) is 25.5. The van der Waals surface area contributed by atoms with Crippen LogP contribution >= 0.6 is 11.6 Å². The summed E-state index contributed by atoms with van der Waals surface area (Å²) < 4.78 is 18.1. The second kappa shape index (κ2) is 12.0. The van der Waals surface area contributed by atoms with E-state index in [2.05, 4.69) is 58.6 Å². The quantitative estimate of drug-likeness (QED) is 0.169. The first-order chi connectivity index (χ1) is 18.2. The zero-order valence-electron chi connectivity index (χ0n) is 20.4. The van der Waals surface area contributed by atoms with Crippen molar-refractivity contribution in [3.05, 3.63) is 107 Å². The monoisotopic (exact) mass is 513 g/mol. The summed E-state index contributed by atoms with van der Waals surface area (Å²) in [5, 5.41) is 5.62. The fourth-order valence-corrected chi connectivity index (χ4v) is 4.32. The maximum absolute atomic E-state index is 6.46. The highest BCUT2D eigenvalue weighted by atomic mass is 35.5. The molecular weight excluding hydrogens is 488 g/mol. The summed E-state index contributed by atoms with van der Waals surface area (Å²) in [4.78, 5) is 9.03. The van der Waals surface area contributed by atoms with Gasteiger partial charge in [0.15, 0.2) is 12.5 Å². The number of hydrogen-bond acceptors (Lipinski definition) is 6. The van der Waals surface area contributed by atoms with Gasteiger partial charge in [-0.1, -0.05) is 48.0 Å². The minimum absolute atomic E-state index is 0.0666. The van der Waals surface area contributed by atoms with Crippen LogP contribution in [0.25, 0.3) is 22.2 Å². The number of methoxy groups -OCH3 is 1. The van der Waals surface area contributed by atoms with Crippen LogP contribution in [0.3, 0.4) is 0 Å². The predicted molar refractivity (Wildman–Crippen MR) is 143 cm³/mol. The molecule has 0 unspecified atom stereocenters. The minimum atomic E-state index is 0.0666. The van der Waals surface area contributed by atoms with Crippen molar-refractivity contribution in [1.29, 1.82) is 0 Å². The van der Waals surface area contributed by atoms with E-state index in [9.17, 15) is 0 Å². The van der Waals surface area contributed by atoms with Crippen LogP contribution in [-0.2, 0) is 22.4 Å². The van der Waals surface area contributed by atoms with Crippen LogP contribution < -0.4 is 4.74 Å². The third kappa shape index (κ3) is 6.32.